The Morgan fingerprint density at radius 3 is 2.90 bits per heavy atom. The third-order valence-electron chi connectivity index (χ3n) is 2.59. The molecule has 0 bridgehead atoms. The highest BCUT2D eigenvalue weighted by atomic mass is 79.9. The van der Waals surface area contributed by atoms with E-state index in [1.807, 2.05) is 35.7 Å². The van der Waals surface area contributed by atoms with E-state index in [9.17, 15) is 5.11 Å². The summed E-state index contributed by atoms with van der Waals surface area (Å²) in [5, 5.41) is 15.1. The van der Waals surface area contributed by atoms with Gasteiger partial charge in [-0.1, -0.05) is 22.0 Å². The highest BCUT2D eigenvalue weighted by molar-refractivity contribution is 9.11. The van der Waals surface area contributed by atoms with Gasteiger partial charge in [-0.3, -0.25) is 0 Å². The minimum atomic E-state index is -0.541. The molecule has 20 heavy (non-hydrogen) atoms. The van der Waals surface area contributed by atoms with Gasteiger partial charge in [0.25, 0.3) is 0 Å². The Balaban J connectivity index is 1.71. The lowest BCUT2D eigenvalue weighted by atomic mass is 10.3. The molecular weight excluding hydrogens is 406 g/mol. The van der Waals surface area contributed by atoms with Gasteiger partial charge in [-0.15, -0.1) is 11.3 Å². The first-order chi connectivity index (χ1) is 9.65. The Bertz CT molecular complexity index is 534. The molecule has 0 saturated carbocycles. The number of hydrogen-bond donors (Lipinski definition) is 2. The van der Waals surface area contributed by atoms with E-state index in [-0.39, 0.29) is 0 Å². The minimum Gasteiger partial charge on any atom is -0.389 e. The SMILES string of the molecule is OC(CNc1cc(Br)ccc1Br)COCc1cccs1. The molecule has 0 spiro atoms. The van der Waals surface area contributed by atoms with Crippen LogP contribution in [0.2, 0.25) is 0 Å². The molecule has 0 aliphatic carbocycles. The molecule has 1 aromatic heterocycles. The number of rotatable bonds is 7. The number of benzene rings is 1. The van der Waals surface area contributed by atoms with E-state index < -0.39 is 6.10 Å². The van der Waals surface area contributed by atoms with Crippen LogP contribution in [0.5, 0.6) is 0 Å². The standard InChI is InChI=1S/C14H15Br2NO2S/c15-10-3-4-13(16)14(6-10)17-7-11(18)8-19-9-12-2-1-5-20-12/h1-6,11,17-18H,7-9H2. The number of anilines is 1. The van der Waals surface area contributed by atoms with Crippen LogP contribution in [-0.4, -0.2) is 24.4 Å². The lowest BCUT2D eigenvalue weighted by Crippen LogP contribution is -2.24. The quantitative estimate of drug-likeness (QED) is 0.702. The van der Waals surface area contributed by atoms with E-state index in [4.69, 9.17) is 4.74 Å². The molecule has 6 heteroatoms. The van der Waals surface area contributed by atoms with E-state index in [1.165, 1.54) is 4.88 Å². The van der Waals surface area contributed by atoms with E-state index in [0.29, 0.717) is 19.8 Å². The summed E-state index contributed by atoms with van der Waals surface area (Å²) < 4.78 is 7.44. The van der Waals surface area contributed by atoms with Crippen LogP contribution in [0.15, 0.2) is 44.7 Å². The Labute approximate surface area is 139 Å². The maximum atomic E-state index is 9.89. The maximum absolute atomic E-state index is 9.89. The van der Waals surface area contributed by atoms with Crippen molar-refractivity contribution in [2.24, 2.45) is 0 Å². The zero-order chi connectivity index (χ0) is 14.4. The van der Waals surface area contributed by atoms with Crippen molar-refractivity contribution in [3.63, 3.8) is 0 Å². The van der Waals surface area contributed by atoms with Gasteiger partial charge in [-0.2, -0.15) is 0 Å². The predicted molar refractivity (Wildman–Crippen MR) is 90.3 cm³/mol. The Kier molecular flexibility index (Phi) is 6.51. The fourth-order valence-electron chi connectivity index (χ4n) is 1.61. The topological polar surface area (TPSA) is 41.5 Å². The summed E-state index contributed by atoms with van der Waals surface area (Å²) in [6.45, 7) is 1.31. The fraction of sp³-hybridized carbons (Fsp3) is 0.286. The first-order valence-corrected chi connectivity index (χ1v) is 8.59. The summed E-state index contributed by atoms with van der Waals surface area (Å²) in [6.07, 6.45) is -0.541. The first-order valence-electron chi connectivity index (χ1n) is 6.12. The second-order valence-electron chi connectivity index (χ2n) is 4.25. The zero-order valence-corrected chi connectivity index (χ0v) is 14.7. The van der Waals surface area contributed by atoms with Gasteiger partial charge < -0.3 is 15.2 Å². The van der Waals surface area contributed by atoms with Crippen molar-refractivity contribution in [3.05, 3.63) is 49.5 Å². The van der Waals surface area contributed by atoms with E-state index in [1.54, 1.807) is 11.3 Å². The average molecular weight is 421 g/mol. The van der Waals surface area contributed by atoms with Crippen LogP contribution < -0.4 is 5.32 Å². The Hall–Kier alpha value is -0.400. The number of aliphatic hydroxyl groups is 1. The van der Waals surface area contributed by atoms with Crippen molar-refractivity contribution in [2.45, 2.75) is 12.7 Å². The van der Waals surface area contributed by atoms with Gasteiger partial charge in [0.05, 0.1) is 19.3 Å². The number of halogens is 2. The van der Waals surface area contributed by atoms with E-state index >= 15 is 0 Å². The molecule has 2 aromatic rings. The van der Waals surface area contributed by atoms with Crippen LogP contribution in [0.4, 0.5) is 5.69 Å². The number of hydrogen-bond acceptors (Lipinski definition) is 4. The summed E-state index contributed by atoms with van der Waals surface area (Å²) in [5.74, 6) is 0. The molecule has 1 unspecified atom stereocenters. The summed E-state index contributed by atoms with van der Waals surface area (Å²) >= 11 is 8.54. The van der Waals surface area contributed by atoms with Crippen LogP contribution in [0.25, 0.3) is 0 Å². The van der Waals surface area contributed by atoms with Crippen LogP contribution in [-0.2, 0) is 11.3 Å². The third-order valence-corrected chi connectivity index (χ3v) is 4.63. The third kappa shape index (κ3) is 5.18. The molecule has 2 N–H and O–H groups in total. The summed E-state index contributed by atoms with van der Waals surface area (Å²) in [6, 6.07) is 9.88. The summed E-state index contributed by atoms with van der Waals surface area (Å²) in [7, 11) is 0. The monoisotopic (exact) mass is 419 g/mol. The molecule has 0 saturated heterocycles. The van der Waals surface area contributed by atoms with Gasteiger partial charge in [-0.25, -0.2) is 0 Å². The van der Waals surface area contributed by atoms with Crippen molar-refractivity contribution in [3.8, 4) is 0 Å². The second kappa shape index (κ2) is 8.14. The fourth-order valence-corrected chi connectivity index (χ4v) is 3.00. The van der Waals surface area contributed by atoms with Gasteiger partial charge in [0.2, 0.25) is 0 Å². The van der Waals surface area contributed by atoms with Gasteiger partial charge in [0.1, 0.15) is 0 Å². The molecule has 0 aliphatic rings. The molecule has 0 fully saturated rings. The minimum absolute atomic E-state index is 0.316. The van der Waals surface area contributed by atoms with Crippen molar-refractivity contribution in [1.29, 1.82) is 0 Å². The second-order valence-corrected chi connectivity index (χ2v) is 7.06. The molecule has 1 atom stereocenters. The number of thiophene rings is 1. The van der Waals surface area contributed by atoms with Crippen molar-refractivity contribution >= 4 is 48.9 Å². The van der Waals surface area contributed by atoms with Crippen LogP contribution in [0.1, 0.15) is 4.88 Å². The zero-order valence-electron chi connectivity index (χ0n) is 10.7. The summed E-state index contributed by atoms with van der Waals surface area (Å²) in [4.78, 5) is 1.17. The largest absolute Gasteiger partial charge is 0.389 e. The van der Waals surface area contributed by atoms with E-state index in [2.05, 4.69) is 37.2 Å². The maximum Gasteiger partial charge on any atom is 0.0945 e. The number of nitrogens with one attached hydrogen (secondary N) is 1. The first kappa shape index (κ1) is 16.0. The molecule has 108 valence electrons. The van der Waals surface area contributed by atoms with Crippen molar-refractivity contribution in [2.75, 3.05) is 18.5 Å². The van der Waals surface area contributed by atoms with Crippen LogP contribution in [0, 0.1) is 0 Å². The van der Waals surface area contributed by atoms with Crippen LogP contribution in [0.3, 0.4) is 0 Å². The van der Waals surface area contributed by atoms with Crippen molar-refractivity contribution < 1.29 is 9.84 Å². The molecule has 0 aliphatic heterocycles. The molecule has 2 rings (SSSR count). The smallest absolute Gasteiger partial charge is 0.0945 e. The Morgan fingerprint density at radius 1 is 1.30 bits per heavy atom. The Morgan fingerprint density at radius 2 is 2.15 bits per heavy atom. The highest BCUT2D eigenvalue weighted by Crippen LogP contribution is 2.26. The van der Waals surface area contributed by atoms with Crippen molar-refractivity contribution in [1.82, 2.24) is 0 Å². The molecule has 0 amide bonds. The normalized spacial score (nSPS) is 12.3. The van der Waals surface area contributed by atoms with E-state index in [0.717, 1.165) is 14.6 Å². The summed E-state index contributed by atoms with van der Waals surface area (Å²) in [5.41, 5.74) is 0.941. The molecular formula is C14H15Br2NO2S. The molecule has 3 nitrogen and oxygen atoms in total. The molecule has 0 radical (unpaired) electrons. The predicted octanol–water partition coefficient (Wildman–Crippen LogP) is 4.26. The average Bonchev–Trinajstić information content (AvgIpc) is 2.93. The molecule has 1 heterocycles. The van der Waals surface area contributed by atoms with Crippen LogP contribution >= 0.6 is 43.2 Å². The lowest BCUT2D eigenvalue weighted by Gasteiger charge is -2.14. The lowest BCUT2D eigenvalue weighted by molar-refractivity contribution is 0.0359. The number of aliphatic hydroxyl groups excluding tert-OH is 1. The number of ether oxygens (including phenoxy) is 1. The van der Waals surface area contributed by atoms with Gasteiger partial charge in [-0.05, 0) is 45.6 Å². The van der Waals surface area contributed by atoms with Gasteiger partial charge in [0.15, 0.2) is 0 Å². The molecule has 1 aromatic carbocycles. The van der Waals surface area contributed by atoms with Gasteiger partial charge in [0, 0.05) is 26.1 Å². The van der Waals surface area contributed by atoms with Gasteiger partial charge >= 0.3 is 0 Å². The highest BCUT2D eigenvalue weighted by Gasteiger charge is 2.07.